The molecule has 3 amide bonds. The van der Waals surface area contributed by atoms with E-state index in [1.54, 1.807) is 11.1 Å². The molecule has 12 heteroatoms. The van der Waals surface area contributed by atoms with E-state index in [1.165, 1.54) is 0 Å². The van der Waals surface area contributed by atoms with E-state index in [4.69, 9.17) is 5.73 Å². The van der Waals surface area contributed by atoms with Crippen molar-refractivity contribution in [1.29, 1.82) is 0 Å². The molecule has 190 valence electrons. The Kier molecular flexibility index (Phi) is 7.43. The van der Waals surface area contributed by atoms with Gasteiger partial charge < -0.3 is 26.3 Å². The Balaban J connectivity index is 1.51. The molecule has 2 aliphatic heterocycles. The quantitative estimate of drug-likeness (QED) is 0.385. The van der Waals surface area contributed by atoms with Gasteiger partial charge in [0.05, 0.1) is 6.26 Å². The van der Waals surface area contributed by atoms with Crippen LogP contribution in [0.2, 0.25) is 0 Å². The normalized spacial score (nSPS) is 21.1. The molecule has 2 saturated heterocycles. The van der Waals surface area contributed by atoms with Crippen molar-refractivity contribution in [1.82, 2.24) is 24.8 Å². The Bertz CT molecular complexity index is 1210. The number of nitrogens with two attached hydrogens (primary N) is 1. The minimum Gasteiger partial charge on any atom is -0.368 e. The average Bonchev–Trinajstić information content (AvgIpc) is 3.25. The van der Waals surface area contributed by atoms with Gasteiger partial charge in [-0.25, -0.2) is 8.42 Å². The van der Waals surface area contributed by atoms with Crippen molar-refractivity contribution in [3.63, 3.8) is 0 Å². The molecule has 0 spiro atoms. The second-order valence-electron chi connectivity index (χ2n) is 9.23. The van der Waals surface area contributed by atoms with Crippen LogP contribution >= 0.6 is 0 Å². The van der Waals surface area contributed by atoms with Gasteiger partial charge >= 0.3 is 0 Å². The number of carbonyl (C=O) groups is 3. The van der Waals surface area contributed by atoms with E-state index in [-0.39, 0.29) is 37.9 Å². The first-order valence-corrected chi connectivity index (χ1v) is 13.6. The minimum absolute atomic E-state index is 0.0112. The number of H-pyrrole nitrogens is 1. The first kappa shape index (κ1) is 25.1. The summed E-state index contributed by atoms with van der Waals surface area (Å²) in [5.41, 5.74) is 7.29. The fourth-order valence-corrected chi connectivity index (χ4v) is 5.95. The summed E-state index contributed by atoms with van der Waals surface area (Å²) < 4.78 is 26.0. The number of nitrogens with zero attached hydrogens (tertiary/aromatic N) is 2. The Morgan fingerprint density at radius 1 is 1.17 bits per heavy atom. The molecule has 0 saturated carbocycles. The van der Waals surface area contributed by atoms with Crippen molar-refractivity contribution in [3.8, 4) is 0 Å². The number of rotatable bonds is 7. The highest BCUT2D eigenvalue weighted by molar-refractivity contribution is 7.88. The molecule has 2 aliphatic rings. The SMILES string of the molecule is CS(=O)(=O)N1CCN(C(=O)C2CCNCC2)CC1C(=O)NC(Cc1c[nH]c2ccccc12)C(N)=O. The van der Waals surface area contributed by atoms with Gasteiger partial charge in [-0.15, -0.1) is 0 Å². The lowest BCUT2D eigenvalue weighted by molar-refractivity contribution is -0.141. The Hall–Kier alpha value is -2.96. The number of sulfonamides is 1. The van der Waals surface area contributed by atoms with E-state index < -0.39 is 33.9 Å². The van der Waals surface area contributed by atoms with E-state index in [0.29, 0.717) is 12.8 Å². The molecule has 3 heterocycles. The van der Waals surface area contributed by atoms with E-state index >= 15 is 0 Å². The van der Waals surface area contributed by atoms with Crippen LogP contribution in [0.5, 0.6) is 0 Å². The Morgan fingerprint density at radius 3 is 2.57 bits per heavy atom. The molecule has 1 aromatic heterocycles. The molecule has 35 heavy (non-hydrogen) atoms. The third-order valence-corrected chi connectivity index (χ3v) is 8.11. The summed E-state index contributed by atoms with van der Waals surface area (Å²) in [6, 6.07) is 5.37. The average molecular weight is 505 g/mol. The minimum atomic E-state index is -3.73. The third kappa shape index (κ3) is 5.65. The summed E-state index contributed by atoms with van der Waals surface area (Å²) in [5, 5.41) is 6.77. The Labute approximate surface area is 204 Å². The predicted octanol–water partition coefficient (Wildman–Crippen LogP) is -0.847. The van der Waals surface area contributed by atoms with Crippen LogP contribution in [-0.4, -0.2) is 91.4 Å². The summed E-state index contributed by atoms with van der Waals surface area (Å²) in [6.07, 6.45) is 4.35. The van der Waals surface area contributed by atoms with Crippen molar-refractivity contribution < 1.29 is 22.8 Å². The highest BCUT2D eigenvalue weighted by atomic mass is 32.2. The molecule has 1 aromatic carbocycles. The van der Waals surface area contributed by atoms with Crippen LogP contribution < -0.4 is 16.4 Å². The number of hydrogen-bond donors (Lipinski definition) is 4. The zero-order valence-electron chi connectivity index (χ0n) is 19.7. The second-order valence-corrected chi connectivity index (χ2v) is 11.2. The maximum absolute atomic E-state index is 13.3. The molecule has 2 atom stereocenters. The maximum Gasteiger partial charge on any atom is 0.240 e. The van der Waals surface area contributed by atoms with Gasteiger partial charge in [0.2, 0.25) is 27.7 Å². The molecule has 0 radical (unpaired) electrons. The fraction of sp³-hybridized carbons (Fsp3) is 0.522. The van der Waals surface area contributed by atoms with Gasteiger partial charge in [-0.1, -0.05) is 18.2 Å². The zero-order valence-corrected chi connectivity index (χ0v) is 20.5. The van der Waals surface area contributed by atoms with Gasteiger partial charge in [-0.05, 0) is 37.6 Å². The van der Waals surface area contributed by atoms with Crippen molar-refractivity contribution in [2.24, 2.45) is 11.7 Å². The molecular weight excluding hydrogens is 472 g/mol. The first-order valence-electron chi connectivity index (χ1n) is 11.8. The van der Waals surface area contributed by atoms with E-state index in [0.717, 1.165) is 40.1 Å². The molecule has 2 aromatic rings. The van der Waals surface area contributed by atoms with Crippen molar-refractivity contribution in [3.05, 3.63) is 36.0 Å². The molecule has 2 fully saturated rings. The number of carbonyl (C=O) groups excluding carboxylic acids is 3. The highest BCUT2D eigenvalue weighted by Crippen LogP contribution is 2.22. The van der Waals surface area contributed by atoms with Crippen LogP contribution in [0.1, 0.15) is 18.4 Å². The van der Waals surface area contributed by atoms with Crippen LogP contribution in [0.4, 0.5) is 0 Å². The van der Waals surface area contributed by atoms with Crippen molar-refractivity contribution >= 4 is 38.6 Å². The summed E-state index contributed by atoms with van der Waals surface area (Å²) in [4.78, 5) is 43.3. The van der Waals surface area contributed by atoms with Crippen LogP contribution in [0.3, 0.4) is 0 Å². The third-order valence-electron chi connectivity index (χ3n) is 6.82. The van der Waals surface area contributed by atoms with E-state index in [1.807, 2.05) is 24.3 Å². The number of piperidine rings is 1. The van der Waals surface area contributed by atoms with Gasteiger partial charge in [0, 0.05) is 49.1 Å². The van der Waals surface area contributed by atoms with E-state index in [2.05, 4.69) is 15.6 Å². The van der Waals surface area contributed by atoms with Crippen LogP contribution in [0, 0.1) is 5.92 Å². The summed E-state index contributed by atoms with van der Waals surface area (Å²) >= 11 is 0. The number of fused-ring (bicyclic) bond motifs is 1. The summed E-state index contributed by atoms with van der Waals surface area (Å²) in [6.45, 7) is 1.65. The summed E-state index contributed by atoms with van der Waals surface area (Å²) in [5.74, 6) is -1.59. The number of aromatic amines is 1. The van der Waals surface area contributed by atoms with E-state index in [9.17, 15) is 22.8 Å². The zero-order chi connectivity index (χ0) is 25.2. The van der Waals surface area contributed by atoms with Gasteiger partial charge in [0.1, 0.15) is 12.1 Å². The monoisotopic (exact) mass is 504 g/mol. The number of benzene rings is 1. The lowest BCUT2D eigenvalue weighted by atomic mass is 9.96. The van der Waals surface area contributed by atoms with Crippen LogP contribution in [0.15, 0.2) is 30.5 Å². The number of primary amides is 1. The number of nitrogens with one attached hydrogen (secondary N) is 3. The smallest absolute Gasteiger partial charge is 0.240 e. The van der Waals surface area contributed by atoms with Crippen LogP contribution in [0.25, 0.3) is 10.9 Å². The lowest BCUT2D eigenvalue weighted by Gasteiger charge is -2.41. The number of aromatic nitrogens is 1. The Morgan fingerprint density at radius 2 is 1.89 bits per heavy atom. The molecule has 0 bridgehead atoms. The largest absolute Gasteiger partial charge is 0.368 e. The molecule has 2 unspecified atom stereocenters. The maximum atomic E-state index is 13.3. The molecular formula is C23H32N6O5S. The molecule has 0 aliphatic carbocycles. The second kappa shape index (κ2) is 10.3. The first-order chi connectivity index (χ1) is 16.6. The number of amides is 3. The topological polar surface area (TPSA) is 158 Å². The van der Waals surface area contributed by atoms with Crippen molar-refractivity contribution in [2.45, 2.75) is 31.3 Å². The summed E-state index contributed by atoms with van der Waals surface area (Å²) in [7, 11) is -3.73. The van der Waals surface area contributed by atoms with Gasteiger partial charge in [0.15, 0.2) is 0 Å². The number of hydrogen-bond acceptors (Lipinski definition) is 6. The molecule has 4 rings (SSSR count). The molecule has 11 nitrogen and oxygen atoms in total. The fourth-order valence-electron chi connectivity index (χ4n) is 4.92. The highest BCUT2D eigenvalue weighted by Gasteiger charge is 2.41. The lowest BCUT2D eigenvalue weighted by Crippen LogP contribution is -2.63. The predicted molar refractivity (Wildman–Crippen MR) is 131 cm³/mol. The van der Waals surface area contributed by atoms with Gasteiger partial charge in [0.25, 0.3) is 0 Å². The van der Waals surface area contributed by atoms with Crippen molar-refractivity contribution in [2.75, 3.05) is 39.0 Å². The van der Waals surface area contributed by atoms with Crippen LogP contribution in [-0.2, 0) is 30.8 Å². The number of para-hydroxylation sites is 1. The van der Waals surface area contributed by atoms with Gasteiger partial charge in [-0.2, -0.15) is 4.31 Å². The number of piperazine rings is 1. The molecule has 5 N–H and O–H groups in total. The van der Waals surface area contributed by atoms with Gasteiger partial charge in [-0.3, -0.25) is 14.4 Å². The standard InChI is InChI=1S/C23H32N6O5S/c1-35(33,34)29-11-10-28(23(32)15-6-8-25-9-7-15)14-20(29)22(31)27-19(21(24)30)12-16-13-26-18-5-3-2-4-17(16)18/h2-5,13,15,19-20,25-26H,6-12,14H2,1H3,(H2,24,30)(H,27,31).